The number of nitrogens with zero attached hydrogens (tertiary/aromatic N) is 1. The lowest BCUT2D eigenvalue weighted by atomic mass is 10.1. The fourth-order valence-electron chi connectivity index (χ4n) is 2.95. The van der Waals surface area contributed by atoms with Gasteiger partial charge in [0.2, 0.25) is 0 Å². The van der Waals surface area contributed by atoms with E-state index in [1.807, 2.05) is 30.6 Å². The molecule has 0 unspecified atom stereocenters. The van der Waals surface area contributed by atoms with Gasteiger partial charge in [0, 0.05) is 18.5 Å². The van der Waals surface area contributed by atoms with Crippen LogP contribution in [0.15, 0.2) is 29.4 Å². The molecule has 1 aliphatic rings. The van der Waals surface area contributed by atoms with Crippen LogP contribution in [0.2, 0.25) is 0 Å². The molecule has 2 N–H and O–H groups in total. The molecule has 0 atom stereocenters. The molecule has 0 bridgehead atoms. The number of hydrogen-bond donors (Lipinski definition) is 2. The van der Waals surface area contributed by atoms with E-state index >= 15 is 0 Å². The van der Waals surface area contributed by atoms with Crippen LogP contribution in [0.4, 0.5) is 0 Å². The van der Waals surface area contributed by atoms with Crippen LogP contribution in [-0.2, 0) is 0 Å². The van der Waals surface area contributed by atoms with Crippen LogP contribution in [0.3, 0.4) is 0 Å². The van der Waals surface area contributed by atoms with Gasteiger partial charge in [-0.25, -0.2) is 0 Å². The highest BCUT2D eigenvalue weighted by atomic mass is 16.5. The van der Waals surface area contributed by atoms with Crippen molar-refractivity contribution in [2.75, 3.05) is 7.11 Å². The van der Waals surface area contributed by atoms with Gasteiger partial charge in [0.1, 0.15) is 5.75 Å². The van der Waals surface area contributed by atoms with Crippen molar-refractivity contribution in [3.8, 4) is 17.1 Å². The smallest absolute Gasteiger partial charge is 0.146 e. The van der Waals surface area contributed by atoms with Crippen LogP contribution < -0.4 is 4.74 Å². The van der Waals surface area contributed by atoms with E-state index in [1.54, 1.807) is 7.11 Å². The summed E-state index contributed by atoms with van der Waals surface area (Å²) in [6, 6.07) is 6.51. The normalized spacial score (nSPS) is 17.2. The van der Waals surface area contributed by atoms with Crippen LogP contribution in [0, 0.1) is 0 Å². The van der Waals surface area contributed by atoms with Gasteiger partial charge in [-0.3, -0.25) is 4.99 Å². The Kier molecular flexibility index (Phi) is 4.43. The van der Waals surface area contributed by atoms with Crippen LogP contribution in [0.25, 0.3) is 11.4 Å². The van der Waals surface area contributed by atoms with Crippen molar-refractivity contribution >= 4 is 6.21 Å². The molecule has 0 radical (unpaired) electrons. The molecule has 112 valence electrons. The summed E-state index contributed by atoms with van der Waals surface area (Å²) in [5.41, 5.74) is 3.04. The topological polar surface area (TPSA) is 53.2 Å². The fourth-order valence-corrected chi connectivity index (χ4v) is 2.95. The fraction of sp³-hybridized carbons (Fsp3) is 0.471. The molecule has 2 aromatic rings. The Hall–Kier alpha value is -1.97. The van der Waals surface area contributed by atoms with E-state index in [0.717, 1.165) is 22.8 Å². The summed E-state index contributed by atoms with van der Waals surface area (Å²) in [4.78, 5) is 11.4. The van der Waals surface area contributed by atoms with E-state index in [-0.39, 0.29) is 0 Å². The third-order valence-corrected chi connectivity index (χ3v) is 4.16. The van der Waals surface area contributed by atoms with Crippen molar-refractivity contribution in [3.63, 3.8) is 0 Å². The summed E-state index contributed by atoms with van der Waals surface area (Å²) in [6.45, 7) is 0. The van der Waals surface area contributed by atoms with Crippen molar-refractivity contribution < 1.29 is 4.74 Å². The van der Waals surface area contributed by atoms with Crippen LogP contribution >= 0.6 is 0 Å². The van der Waals surface area contributed by atoms with Crippen molar-refractivity contribution in [1.29, 1.82) is 0 Å². The highest BCUT2D eigenvalue weighted by Gasteiger charge is 2.12. The first-order chi connectivity index (χ1) is 10.4. The maximum atomic E-state index is 5.45. The molecule has 3 rings (SSSR count). The van der Waals surface area contributed by atoms with Gasteiger partial charge in [-0.1, -0.05) is 25.7 Å². The quantitative estimate of drug-likeness (QED) is 0.643. The summed E-state index contributed by atoms with van der Waals surface area (Å²) in [5.74, 6) is 0.844. The van der Waals surface area contributed by atoms with Gasteiger partial charge < -0.3 is 14.7 Å². The van der Waals surface area contributed by atoms with Crippen LogP contribution in [0.5, 0.6) is 5.75 Å². The molecule has 2 heterocycles. The molecule has 4 nitrogen and oxygen atoms in total. The van der Waals surface area contributed by atoms with E-state index in [2.05, 4.69) is 9.97 Å². The van der Waals surface area contributed by atoms with Crippen molar-refractivity contribution in [1.82, 2.24) is 9.97 Å². The number of nitrogens with one attached hydrogen (secondary N) is 2. The number of aliphatic imine (C=N–C) groups is 1. The highest BCUT2D eigenvalue weighted by molar-refractivity contribution is 5.83. The molecule has 1 saturated carbocycles. The summed E-state index contributed by atoms with van der Waals surface area (Å²) in [6.07, 6.45) is 11.6. The molecule has 21 heavy (non-hydrogen) atoms. The van der Waals surface area contributed by atoms with Gasteiger partial charge >= 0.3 is 0 Å². The van der Waals surface area contributed by atoms with Crippen molar-refractivity contribution in [2.45, 2.75) is 44.6 Å². The molecule has 0 aliphatic heterocycles. The molecule has 0 amide bonds. The Bertz CT molecular complexity index is 575. The minimum Gasteiger partial charge on any atom is -0.494 e. The predicted octanol–water partition coefficient (Wildman–Crippen LogP) is 4.16. The number of methoxy groups -OCH3 is 1. The third kappa shape index (κ3) is 3.38. The van der Waals surface area contributed by atoms with E-state index in [9.17, 15) is 0 Å². The maximum absolute atomic E-state index is 5.45. The Balaban J connectivity index is 1.77. The Labute approximate surface area is 125 Å². The molecule has 1 fully saturated rings. The second-order valence-corrected chi connectivity index (χ2v) is 5.67. The number of aromatic nitrogens is 2. The largest absolute Gasteiger partial charge is 0.494 e. The number of aromatic amines is 2. The van der Waals surface area contributed by atoms with Crippen molar-refractivity contribution in [2.24, 2.45) is 4.99 Å². The lowest BCUT2D eigenvalue weighted by Crippen LogP contribution is -2.03. The second-order valence-electron chi connectivity index (χ2n) is 5.67. The van der Waals surface area contributed by atoms with Crippen LogP contribution in [-0.4, -0.2) is 29.3 Å². The summed E-state index contributed by atoms with van der Waals surface area (Å²) < 4.78 is 5.45. The Morgan fingerprint density at radius 1 is 1.19 bits per heavy atom. The third-order valence-electron chi connectivity index (χ3n) is 4.16. The summed E-state index contributed by atoms with van der Waals surface area (Å²) in [5, 5.41) is 0. The number of hydrogen-bond acceptors (Lipinski definition) is 2. The molecule has 0 saturated heterocycles. The maximum Gasteiger partial charge on any atom is 0.146 e. The predicted molar refractivity (Wildman–Crippen MR) is 86.2 cm³/mol. The minimum absolute atomic E-state index is 0.467. The lowest BCUT2D eigenvalue weighted by molar-refractivity contribution is 0.415. The first kappa shape index (κ1) is 14.0. The monoisotopic (exact) mass is 285 g/mol. The van der Waals surface area contributed by atoms with E-state index < -0.39 is 0 Å². The number of ether oxygens (including phenoxy) is 1. The first-order valence-corrected chi connectivity index (χ1v) is 7.81. The van der Waals surface area contributed by atoms with Gasteiger partial charge in [0.15, 0.2) is 0 Å². The second kappa shape index (κ2) is 6.66. The van der Waals surface area contributed by atoms with Crippen molar-refractivity contribution in [3.05, 3.63) is 30.1 Å². The standard InChI is InChI=1S/C17H23N3O/c1-21-17-11-15(14-9-6-10-18-14)20-16(17)12-19-13-7-4-2-3-5-8-13/h6,9-13,18,20H,2-5,7-8H2,1H3. The highest BCUT2D eigenvalue weighted by Crippen LogP contribution is 2.26. The minimum atomic E-state index is 0.467. The Morgan fingerprint density at radius 2 is 2.00 bits per heavy atom. The number of rotatable bonds is 4. The average Bonchev–Trinajstić information content (AvgIpc) is 3.09. The van der Waals surface area contributed by atoms with Crippen LogP contribution in [0.1, 0.15) is 44.2 Å². The van der Waals surface area contributed by atoms with Gasteiger partial charge in [0.05, 0.1) is 30.2 Å². The molecule has 0 spiro atoms. The summed E-state index contributed by atoms with van der Waals surface area (Å²) in [7, 11) is 1.70. The average molecular weight is 285 g/mol. The molecular formula is C17H23N3O. The number of H-pyrrole nitrogens is 2. The molecule has 2 aromatic heterocycles. The van der Waals surface area contributed by atoms with E-state index in [1.165, 1.54) is 38.5 Å². The molecule has 4 heteroatoms. The van der Waals surface area contributed by atoms with Gasteiger partial charge in [-0.05, 0) is 25.0 Å². The molecule has 0 aromatic carbocycles. The van der Waals surface area contributed by atoms with E-state index in [0.29, 0.717) is 6.04 Å². The first-order valence-electron chi connectivity index (χ1n) is 7.81. The van der Waals surface area contributed by atoms with Gasteiger partial charge in [-0.2, -0.15) is 0 Å². The van der Waals surface area contributed by atoms with Gasteiger partial charge in [-0.15, -0.1) is 0 Å². The molecule has 1 aliphatic carbocycles. The summed E-state index contributed by atoms with van der Waals surface area (Å²) >= 11 is 0. The zero-order chi connectivity index (χ0) is 14.5. The zero-order valence-corrected chi connectivity index (χ0v) is 12.6. The molecular weight excluding hydrogens is 262 g/mol. The Morgan fingerprint density at radius 3 is 2.67 bits per heavy atom. The lowest BCUT2D eigenvalue weighted by Gasteiger charge is -2.07. The van der Waals surface area contributed by atoms with Gasteiger partial charge in [0.25, 0.3) is 0 Å². The van der Waals surface area contributed by atoms with E-state index in [4.69, 9.17) is 9.73 Å². The SMILES string of the molecule is COc1cc(-c2ccc[nH]2)[nH]c1C=NC1CCCCCC1. The zero-order valence-electron chi connectivity index (χ0n) is 12.6.